The zero-order valence-electron chi connectivity index (χ0n) is 10.4. The van der Waals surface area contributed by atoms with Crippen LogP contribution >= 0.6 is 0 Å². The van der Waals surface area contributed by atoms with Crippen molar-refractivity contribution in [2.45, 2.75) is 13.8 Å². The number of hydrogen-bond donors (Lipinski definition) is 1. The van der Waals surface area contributed by atoms with Crippen LogP contribution in [0.15, 0.2) is 29.3 Å². The van der Waals surface area contributed by atoms with Gasteiger partial charge in [0.2, 0.25) is 0 Å². The summed E-state index contributed by atoms with van der Waals surface area (Å²) in [5.41, 5.74) is 6.76. The number of benzene rings is 1. The van der Waals surface area contributed by atoms with Crippen molar-refractivity contribution in [1.82, 2.24) is 4.90 Å². The summed E-state index contributed by atoms with van der Waals surface area (Å²) >= 11 is 0. The van der Waals surface area contributed by atoms with E-state index in [0.29, 0.717) is 17.8 Å². The first-order chi connectivity index (χ1) is 8.17. The Labute approximate surface area is 102 Å². The molecule has 4 nitrogen and oxygen atoms in total. The molecule has 1 rings (SSSR count). The molecule has 2 N–H and O–H groups in total. The number of nitrogens with two attached hydrogens (primary N) is 1. The Morgan fingerprint density at radius 1 is 1.29 bits per heavy atom. The van der Waals surface area contributed by atoms with Gasteiger partial charge in [-0.3, -0.25) is 9.69 Å². The Bertz CT molecular complexity index is 380. The third-order valence-electron chi connectivity index (χ3n) is 2.60. The second-order valence-corrected chi connectivity index (χ2v) is 3.72. The molecule has 1 amide bonds. The van der Waals surface area contributed by atoms with Gasteiger partial charge in [0, 0.05) is 24.0 Å². The topological polar surface area (TPSA) is 58.7 Å². The highest BCUT2D eigenvalue weighted by Crippen LogP contribution is 2.06. The summed E-state index contributed by atoms with van der Waals surface area (Å²) in [5, 5.41) is 0. The molecule has 0 fully saturated rings. The van der Waals surface area contributed by atoms with Gasteiger partial charge in [-0.1, -0.05) is 13.8 Å². The maximum absolute atomic E-state index is 11.7. The Balaban J connectivity index is 2.54. The fraction of sp³-hybridized carbons (Fsp3) is 0.385. The van der Waals surface area contributed by atoms with Crippen molar-refractivity contribution in [2.24, 2.45) is 4.99 Å². The summed E-state index contributed by atoms with van der Waals surface area (Å²) < 4.78 is 0. The fourth-order valence-corrected chi connectivity index (χ4v) is 1.42. The van der Waals surface area contributed by atoms with Gasteiger partial charge in [0.05, 0.1) is 0 Å². The third-order valence-corrected chi connectivity index (χ3v) is 2.60. The zero-order valence-corrected chi connectivity index (χ0v) is 10.4. The summed E-state index contributed by atoms with van der Waals surface area (Å²) in [6.45, 7) is 6.78. The first kappa shape index (κ1) is 13.4. The van der Waals surface area contributed by atoms with Crippen LogP contribution in [0.4, 0.5) is 5.69 Å². The summed E-state index contributed by atoms with van der Waals surface area (Å²) in [7, 11) is 0. The third kappa shape index (κ3) is 4.36. The molecule has 0 spiro atoms. The van der Waals surface area contributed by atoms with Crippen LogP contribution in [0.3, 0.4) is 0 Å². The normalized spacial score (nSPS) is 11.2. The predicted octanol–water partition coefficient (Wildman–Crippen LogP) is 1.82. The van der Waals surface area contributed by atoms with Gasteiger partial charge in [-0.2, -0.15) is 0 Å². The van der Waals surface area contributed by atoms with E-state index in [4.69, 9.17) is 5.73 Å². The number of rotatable bonds is 5. The minimum atomic E-state index is -0.225. The molecule has 1 aromatic rings. The molecule has 17 heavy (non-hydrogen) atoms. The van der Waals surface area contributed by atoms with Crippen LogP contribution in [0, 0.1) is 0 Å². The molecule has 0 saturated heterocycles. The van der Waals surface area contributed by atoms with Gasteiger partial charge in [-0.05, 0) is 37.4 Å². The lowest BCUT2D eigenvalue weighted by atomic mass is 10.2. The Kier molecular flexibility index (Phi) is 5.36. The minimum Gasteiger partial charge on any atom is -0.399 e. The maximum Gasteiger partial charge on any atom is 0.276 e. The predicted molar refractivity (Wildman–Crippen MR) is 71.5 cm³/mol. The van der Waals surface area contributed by atoms with Gasteiger partial charge in [0.15, 0.2) is 0 Å². The Morgan fingerprint density at radius 2 is 1.88 bits per heavy atom. The van der Waals surface area contributed by atoms with Crippen molar-refractivity contribution in [1.29, 1.82) is 0 Å². The van der Waals surface area contributed by atoms with Gasteiger partial charge in [0.25, 0.3) is 5.91 Å². The van der Waals surface area contributed by atoms with E-state index in [1.165, 1.54) is 0 Å². The van der Waals surface area contributed by atoms with Crippen LogP contribution < -0.4 is 5.73 Å². The van der Waals surface area contributed by atoms with Crippen LogP contribution in [0.25, 0.3) is 0 Å². The maximum atomic E-state index is 11.7. The molecule has 4 heteroatoms. The van der Waals surface area contributed by atoms with Crippen molar-refractivity contribution < 1.29 is 4.79 Å². The molecular formula is C13H19N3O. The highest BCUT2D eigenvalue weighted by Gasteiger charge is 2.02. The van der Waals surface area contributed by atoms with Crippen LogP contribution in [0.5, 0.6) is 0 Å². The molecule has 0 unspecified atom stereocenters. The van der Waals surface area contributed by atoms with Gasteiger partial charge in [0.1, 0.15) is 0 Å². The molecule has 0 heterocycles. The molecule has 0 atom stereocenters. The van der Waals surface area contributed by atoms with Crippen molar-refractivity contribution >= 4 is 17.8 Å². The van der Waals surface area contributed by atoms with E-state index >= 15 is 0 Å². The van der Waals surface area contributed by atoms with Crippen molar-refractivity contribution in [3.63, 3.8) is 0 Å². The van der Waals surface area contributed by atoms with Crippen LogP contribution in [-0.2, 0) is 0 Å². The average Bonchev–Trinajstić information content (AvgIpc) is 2.35. The largest absolute Gasteiger partial charge is 0.399 e. The van der Waals surface area contributed by atoms with E-state index in [1.807, 2.05) is 0 Å². The first-order valence-corrected chi connectivity index (χ1v) is 5.82. The van der Waals surface area contributed by atoms with Gasteiger partial charge in [-0.25, -0.2) is 4.99 Å². The zero-order chi connectivity index (χ0) is 12.7. The van der Waals surface area contributed by atoms with E-state index < -0.39 is 0 Å². The van der Waals surface area contributed by atoms with Gasteiger partial charge < -0.3 is 5.73 Å². The number of carbonyl (C=O) groups is 1. The van der Waals surface area contributed by atoms with Crippen molar-refractivity contribution in [3.8, 4) is 0 Å². The molecule has 0 aliphatic rings. The standard InChI is InChI=1S/C13H19N3O/c1-3-16(4-2)10-9-15-13(17)11-5-7-12(14)8-6-11/h5-9H,3-4,10,14H2,1-2H3. The molecule has 0 bridgehead atoms. The Hall–Kier alpha value is -1.68. The lowest BCUT2D eigenvalue weighted by Gasteiger charge is -2.14. The van der Waals surface area contributed by atoms with Crippen LogP contribution in [0.1, 0.15) is 24.2 Å². The number of nitrogens with zero attached hydrogens (tertiary/aromatic N) is 2. The van der Waals surface area contributed by atoms with E-state index in [1.54, 1.807) is 30.5 Å². The van der Waals surface area contributed by atoms with Crippen molar-refractivity contribution in [2.75, 3.05) is 25.4 Å². The van der Waals surface area contributed by atoms with Crippen LogP contribution in [0.2, 0.25) is 0 Å². The summed E-state index contributed by atoms with van der Waals surface area (Å²) in [6, 6.07) is 6.78. The minimum absolute atomic E-state index is 0.225. The molecule has 92 valence electrons. The van der Waals surface area contributed by atoms with Gasteiger partial charge >= 0.3 is 0 Å². The SMILES string of the molecule is CCN(CC)CC=NC(=O)c1ccc(N)cc1. The van der Waals surface area contributed by atoms with Crippen molar-refractivity contribution in [3.05, 3.63) is 29.8 Å². The molecule has 0 aliphatic carbocycles. The summed E-state index contributed by atoms with van der Waals surface area (Å²) in [5.74, 6) is -0.225. The monoisotopic (exact) mass is 233 g/mol. The molecule has 0 radical (unpaired) electrons. The summed E-state index contributed by atoms with van der Waals surface area (Å²) in [4.78, 5) is 17.8. The lowest BCUT2D eigenvalue weighted by Crippen LogP contribution is -2.25. The average molecular weight is 233 g/mol. The molecular weight excluding hydrogens is 214 g/mol. The number of carbonyl (C=O) groups excluding carboxylic acids is 1. The highest BCUT2D eigenvalue weighted by molar-refractivity contribution is 5.99. The number of hydrogen-bond acceptors (Lipinski definition) is 3. The molecule has 0 aromatic heterocycles. The number of aliphatic imine (C=N–C) groups is 1. The quantitative estimate of drug-likeness (QED) is 0.623. The van der Waals surface area contributed by atoms with Gasteiger partial charge in [-0.15, -0.1) is 0 Å². The second-order valence-electron chi connectivity index (χ2n) is 3.72. The molecule has 0 saturated carbocycles. The second kappa shape index (κ2) is 6.81. The smallest absolute Gasteiger partial charge is 0.276 e. The fourth-order valence-electron chi connectivity index (χ4n) is 1.42. The number of amides is 1. The Morgan fingerprint density at radius 3 is 2.41 bits per heavy atom. The van der Waals surface area contributed by atoms with E-state index in [9.17, 15) is 4.79 Å². The van der Waals surface area contributed by atoms with Crippen LogP contribution in [-0.4, -0.2) is 36.7 Å². The number of nitrogen functional groups attached to an aromatic ring is 1. The van der Waals surface area contributed by atoms with E-state index in [2.05, 4.69) is 23.7 Å². The molecule has 0 aliphatic heterocycles. The van der Waals surface area contributed by atoms with E-state index in [-0.39, 0.29) is 5.91 Å². The summed E-state index contributed by atoms with van der Waals surface area (Å²) in [6.07, 6.45) is 1.66. The molecule has 1 aromatic carbocycles. The lowest BCUT2D eigenvalue weighted by molar-refractivity contribution is 0.100. The highest BCUT2D eigenvalue weighted by atomic mass is 16.1. The van der Waals surface area contributed by atoms with E-state index in [0.717, 1.165) is 13.1 Å². The first-order valence-electron chi connectivity index (χ1n) is 5.82. The number of anilines is 1.